The van der Waals surface area contributed by atoms with Gasteiger partial charge in [-0.05, 0) is 17.0 Å². The topological polar surface area (TPSA) is 93.1 Å². The van der Waals surface area contributed by atoms with Gasteiger partial charge < -0.3 is 0 Å². The molecule has 3 aromatic rings. The van der Waals surface area contributed by atoms with Crippen LogP contribution in [0.2, 0.25) is 0 Å². The van der Waals surface area contributed by atoms with E-state index in [9.17, 15) is 14.4 Å². The van der Waals surface area contributed by atoms with Crippen molar-refractivity contribution in [3.8, 4) is 0 Å². The van der Waals surface area contributed by atoms with Crippen LogP contribution in [0.25, 0.3) is 10.8 Å². The van der Waals surface area contributed by atoms with Gasteiger partial charge in [0, 0.05) is 11.8 Å². The van der Waals surface area contributed by atoms with Crippen LogP contribution in [0.15, 0.2) is 59.4 Å². The quantitative estimate of drug-likeness (QED) is 0.668. The van der Waals surface area contributed by atoms with E-state index in [1.807, 2.05) is 51.1 Å². The summed E-state index contributed by atoms with van der Waals surface area (Å²) in [7, 11) is 0. The number of rotatable bonds is 4. The summed E-state index contributed by atoms with van der Waals surface area (Å²) in [5, 5.41) is 5.12. The first-order valence-electron chi connectivity index (χ1n) is 9.37. The van der Waals surface area contributed by atoms with Crippen LogP contribution in [-0.2, 0) is 11.3 Å². The molecule has 1 aromatic heterocycles. The number of hydrazine groups is 1. The summed E-state index contributed by atoms with van der Waals surface area (Å²) in [5.41, 5.74) is 5.31. The van der Waals surface area contributed by atoms with Gasteiger partial charge in [0.05, 0.1) is 11.9 Å². The molecule has 0 aliphatic heterocycles. The van der Waals surface area contributed by atoms with Gasteiger partial charge in [-0.1, -0.05) is 69.3 Å². The lowest BCUT2D eigenvalue weighted by Gasteiger charge is -2.17. The SMILES string of the molecule is CC(C)(C)CC(=O)NNC(=O)c1nn(Cc2ccccc2)c(=O)c2ccccc12. The van der Waals surface area contributed by atoms with Gasteiger partial charge in [-0.25, -0.2) is 4.68 Å². The number of fused-ring (bicyclic) bond motifs is 1. The van der Waals surface area contributed by atoms with Crippen LogP contribution < -0.4 is 16.4 Å². The van der Waals surface area contributed by atoms with Crippen LogP contribution in [0.4, 0.5) is 0 Å². The van der Waals surface area contributed by atoms with Crippen LogP contribution in [0.5, 0.6) is 0 Å². The van der Waals surface area contributed by atoms with Crippen LogP contribution >= 0.6 is 0 Å². The van der Waals surface area contributed by atoms with Gasteiger partial charge in [0.25, 0.3) is 11.5 Å². The number of carbonyl (C=O) groups is 2. The fourth-order valence-electron chi connectivity index (χ4n) is 2.98. The number of amides is 2. The normalized spacial score (nSPS) is 11.3. The van der Waals surface area contributed by atoms with Crippen molar-refractivity contribution in [3.63, 3.8) is 0 Å². The third kappa shape index (κ3) is 5.07. The highest BCUT2D eigenvalue weighted by Gasteiger charge is 2.19. The first kappa shape index (κ1) is 20.3. The van der Waals surface area contributed by atoms with E-state index in [1.54, 1.807) is 24.3 Å². The van der Waals surface area contributed by atoms with Gasteiger partial charge in [0.15, 0.2) is 5.69 Å². The Labute approximate surface area is 168 Å². The fourth-order valence-corrected chi connectivity index (χ4v) is 2.98. The zero-order valence-corrected chi connectivity index (χ0v) is 16.7. The predicted octanol–water partition coefficient (Wildman–Crippen LogP) is 2.64. The Kier molecular flexibility index (Phi) is 5.77. The minimum Gasteiger partial charge on any atom is -0.273 e. The maximum absolute atomic E-state index is 12.8. The number of benzene rings is 2. The zero-order chi connectivity index (χ0) is 21.0. The second-order valence-electron chi connectivity index (χ2n) is 8.08. The lowest BCUT2D eigenvalue weighted by Crippen LogP contribution is -2.43. The van der Waals surface area contributed by atoms with E-state index in [-0.39, 0.29) is 35.5 Å². The Bertz CT molecular complexity index is 1100. The van der Waals surface area contributed by atoms with E-state index in [0.717, 1.165) is 5.56 Å². The summed E-state index contributed by atoms with van der Waals surface area (Å²) in [6.07, 6.45) is 0.259. The highest BCUT2D eigenvalue weighted by molar-refractivity contribution is 6.05. The maximum atomic E-state index is 12.8. The Balaban J connectivity index is 1.92. The molecule has 0 aliphatic carbocycles. The molecule has 0 spiro atoms. The molecule has 0 bridgehead atoms. The molecule has 0 fully saturated rings. The van der Waals surface area contributed by atoms with E-state index in [0.29, 0.717) is 10.8 Å². The Morgan fingerprint density at radius 1 is 0.931 bits per heavy atom. The van der Waals surface area contributed by atoms with Crippen molar-refractivity contribution in [1.29, 1.82) is 0 Å². The zero-order valence-electron chi connectivity index (χ0n) is 16.7. The van der Waals surface area contributed by atoms with E-state index >= 15 is 0 Å². The van der Waals surface area contributed by atoms with Crippen LogP contribution in [0, 0.1) is 5.41 Å². The van der Waals surface area contributed by atoms with Gasteiger partial charge in [-0.3, -0.25) is 25.2 Å². The predicted molar refractivity (Wildman–Crippen MR) is 111 cm³/mol. The van der Waals surface area contributed by atoms with Crippen LogP contribution in [0.3, 0.4) is 0 Å². The average Bonchev–Trinajstić information content (AvgIpc) is 2.68. The third-order valence-corrected chi connectivity index (χ3v) is 4.26. The van der Waals surface area contributed by atoms with Gasteiger partial charge in [0.1, 0.15) is 0 Å². The van der Waals surface area contributed by atoms with Crippen molar-refractivity contribution in [1.82, 2.24) is 20.6 Å². The second kappa shape index (κ2) is 8.26. The first-order valence-corrected chi connectivity index (χ1v) is 9.37. The number of carbonyl (C=O) groups excluding carboxylic acids is 2. The molecule has 3 rings (SSSR count). The van der Waals surface area contributed by atoms with E-state index in [2.05, 4.69) is 16.0 Å². The van der Waals surface area contributed by atoms with E-state index in [4.69, 9.17) is 0 Å². The Hall–Kier alpha value is -3.48. The molecule has 2 amide bonds. The highest BCUT2D eigenvalue weighted by atomic mass is 16.2. The summed E-state index contributed by atoms with van der Waals surface area (Å²) in [6.45, 7) is 6.04. The van der Waals surface area contributed by atoms with Gasteiger partial charge in [-0.15, -0.1) is 0 Å². The number of hydrogen-bond acceptors (Lipinski definition) is 4. The van der Waals surface area contributed by atoms with Crippen molar-refractivity contribution in [2.45, 2.75) is 33.7 Å². The molecule has 7 nitrogen and oxygen atoms in total. The molecular formula is C22H24N4O3. The molecule has 2 aromatic carbocycles. The van der Waals surface area contributed by atoms with E-state index in [1.165, 1.54) is 4.68 Å². The van der Waals surface area contributed by atoms with Gasteiger partial charge >= 0.3 is 0 Å². The molecule has 150 valence electrons. The largest absolute Gasteiger partial charge is 0.290 e. The maximum Gasteiger partial charge on any atom is 0.290 e. The summed E-state index contributed by atoms with van der Waals surface area (Å²) >= 11 is 0. The summed E-state index contributed by atoms with van der Waals surface area (Å²) < 4.78 is 1.27. The number of aromatic nitrogens is 2. The monoisotopic (exact) mass is 392 g/mol. The molecule has 7 heteroatoms. The molecule has 0 unspecified atom stereocenters. The minimum absolute atomic E-state index is 0.0761. The number of hydrogen-bond donors (Lipinski definition) is 2. The second-order valence-corrected chi connectivity index (χ2v) is 8.08. The molecule has 0 saturated heterocycles. The lowest BCUT2D eigenvalue weighted by molar-refractivity contribution is -0.123. The number of nitrogens with one attached hydrogen (secondary N) is 2. The molecule has 29 heavy (non-hydrogen) atoms. The standard InChI is InChI=1S/C22H24N4O3/c1-22(2,3)13-18(27)23-24-20(28)19-16-11-7-8-12-17(16)21(29)26(25-19)14-15-9-5-4-6-10-15/h4-12H,13-14H2,1-3H3,(H,23,27)(H,24,28). The summed E-state index contributed by atoms with van der Waals surface area (Å²) in [6, 6.07) is 16.2. The van der Waals surface area contributed by atoms with Crippen molar-refractivity contribution >= 4 is 22.6 Å². The van der Waals surface area contributed by atoms with Gasteiger partial charge in [0.2, 0.25) is 5.91 Å². The van der Waals surface area contributed by atoms with Crippen LogP contribution in [0.1, 0.15) is 43.2 Å². The summed E-state index contributed by atoms with van der Waals surface area (Å²) in [4.78, 5) is 37.6. The van der Waals surface area contributed by atoms with Crippen molar-refractivity contribution in [2.24, 2.45) is 5.41 Å². The molecule has 0 atom stereocenters. The first-order chi connectivity index (χ1) is 13.7. The van der Waals surface area contributed by atoms with E-state index < -0.39 is 5.91 Å². The fraction of sp³-hybridized carbons (Fsp3) is 0.273. The molecule has 0 radical (unpaired) electrons. The number of nitrogens with zero attached hydrogens (tertiary/aromatic N) is 2. The summed E-state index contributed by atoms with van der Waals surface area (Å²) in [5.74, 6) is -0.877. The third-order valence-electron chi connectivity index (χ3n) is 4.26. The van der Waals surface area contributed by atoms with Crippen molar-refractivity contribution < 1.29 is 9.59 Å². The van der Waals surface area contributed by atoms with Crippen LogP contribution in [-0.4, -0.2) is 21.6 Å². The molecule has 0 saturated carbocycles. The molecule has 2 N–H and O–H groups in total. The van der Waals surface area contributed by atoms with Crippen molar-refractivity contribution in [3.05, 3.63) is 76.2 Å². The molecular weight excluding hydrogens is 368 g/mol. The molecule has 1 heterocycles. The van der Waals surface area contributed by atoms with Crippen molar-refractivity contribution in [2.75, 3.05) is 0 Å². The molecule has 0 aliphatic rings. The lowest BCUT2D eigenvalue weighted by atomic mass is 9.92. The smallest absolute Gasteiger partial charge is 0.273 e. The minimum atomic E-state index is -0.578. The average molecular weight is 392 g/mol. The Morgan fingerprint density at radius 2 is 1.55 bits per heavy atom. The highest BCUT2D eigenvalue weighted by Crippen LogP contribution is 2.17. The van der Waals surface area contributed by atoms with Gasteiger partial charge in [-0.2, -0.15) is 5.10 Å². The Morgan fingerprint density at radius 3 is 2.21 bits per heavy atom.